The fraction of sp³-hybridized carbons (Fsp3) is 0.273. The van der Waals surface area contributed by atoms with Crippen molar-refractivity contribution in [3.8, 4) is 0 Å². The normalized spacial score (nSPS) is 16.8. The third-order valence-corrected chi connectivity index (χ3v) is 2.78. The fourth-order valence-electron chi connectivity index (χ4n) is 1.70. The average molecular weight is 243 g/mol. The first-order chi connectivity index (χ1) is 7.72. The summed E-state index contributed by atoms with van der Waals surface area (Å²) in [5, 5.41) is 0.333. The second-order valence-corrected chi connectivity index (χ2v) is 3.92. The molecule has 0 spiro atoms. The van der Waals surface area contributed by atoms with Gasteiger partial charge in [0.2, 0.25) is 0 Å². The minimum absolute atomic E-state index is 0.324. The predicted octanol–water partition coefficient (Wildman–Crippen LogP) is 2.29. The molecule has 3 N–H and O–H groups in total. The number of hydrazine groups is 1. The maximum Gasteiger partial charge on any atom is 0.124 e. The molecule has 0 radical (unpaired) electrons. The molecule has 0 saturated carbocycles. The highest BCUT2D eigenvalue weighted by Crippen LogP contribution is 2.30. The van der Waals surface area contributed by atoms with Crippen LogP contribution in [0.4, 0.5) is 4.39 Å². The summed E-state index contributed by atoms with van der Waals surface area (Å²) in [5.41, 5.74) is 3.33. The van der Waals surface area contributed by atoms with Crippen LogP contribution in [0, 0.1) is 5.82 Å². The van der Waals surface area contributed by atoms with E-state index in [1.54, 1.807) is 6.07 Å². The van der Waals surface area contributed by atoms with Gasteiger partial charge in [0.1, 0.15) is 17.6 Å². The van der Waals surface area contributed by atoms with Gasteiger partial charge in [0.25, 0.3) is 0 Å². The van der Waals surface area contributed by atoms with Gasteiger partial charge in [0, 0.05) is 11.4 Å². The summed E-state index contributed by atoms with van der Waals surface area (Å²) >= 11 is 5.96. The van der Waals surface area contributed by atoms with Crippen LogP contribution in [0.25, 0.3) is 0 Å². The van der Waals surface area contributed by atoms with Crippen LogP contribution in [0.3, 0.4) is 0 Å². The van der Waals surface area contributed by atoms with E-state index in [2.05, 4.69) is 5.43 Å². The Hall–Kier alpha value is -1.10. The van der Waals surface area contributed by atoms with Gasteiger partial charge in [-0.1, -0.05) is 17.7 Å². The van der Waals surface area contributed by atoms with Gasteiger partial charge in [-0.15, -0.1) is 0 Å². The third kappa shape index (κ3) is 2.19. The van der Waals surface area contributed by atoms with Gasteiger partial charge >= 0.3 is 0 Å². The molecule has 16 heavy (non-hydrogen) atoms. The first-order valence-electron chi connectivity index (χ1n) is 4.96. The van der Waals surface area contributed by atoms with Crippen LogP contribution in [-0.4, -0.2) is 6.61 Å². The number of benzene rings is 1. The quantitative estimate of drug-likeness (QED) is 0.632. The minimum Gasteiger partial charge on any atom is -0.496 e. The Labute approximate surface area is 98.0 Å². The van der Waals surface area contributed by atoms with E-state index < -0.39 is 0 Å². The van der Waals surface area contributed by atoms with Crippen LogP contribution >= 0.6 is 11.6 Å². The summed E-state index contributed by atoms with van der Waals surface area (Å²) in [4.78, 5) is 0. The van der Waals surface area contributed by atoms with Crippen molar-refractivity contribution >= 4 is 11.6 Å². The third-order valence-electron chi connectivity index (χ3n) is 2.46. The molecule has 3 nitrogen and oxygen atoms in total. The van der Waals surface area contributed by atoms with Crippen LogP contribution in [0.2, 0.25) is 5.02 Å². The van der Waals surface area contributed by atoms with Crippen molar-refractivity contribution in [3.05, 3.63) is 46.4 Å². The van der Waals surface area contributed by atoms with Gasteiger partial charge in [-0.3, -0.25) is 5.84 Å². The first-order valence-corrected chi connectivity index (χ1v) is 5.34. The molecule has 5 heteroatoms. The number of rotatable bonds is 3. The van der Waals surface area contributed by atoms with Gasteiger partial charge in [-0.25, -0.2) is 9.82 Å². The Morgan fingerprint density at radius 3 is 2.88 bits per heavy atom. The van der Waals surface area contributed by atoms with Crippen molar-refractivity contribution in [2.24, 2.45) is 5.84 Å². The molecular weight excluding hydrogens is 231 g/mol. The Morgan fingerprint density at radius 1 is 1.50 bits per heavy atom. The van der Waals surface area contributed by atoms with Gasteiger partial charge in [0.05, 0.1) is 6.61 Å². The molecular formula is C11H12ClFN2O. The molecule has 1 heterocycles. The molecule has 1 unspecified atom stereocenters. The van der Waals surface area contributed by atoms with Crippen molar-refractivity contribution in [2.75, 3.05) is 6.61 Å². The molecule has 86 valence electrons. The van der Waals surface area contributed by atoms with Gasteiger partial charge < -0.3 is 4.74 Å². The van der Waals surface area contributed by atoms with Crippen LogP contribution < -0.4 is 11.3 Å². The molecule has 0 aliphatic carbocycles. The largest absolute Gasteiger partial charge is 0.496 e. The van der Waals surface area contributed by atoms with Crippen LogP contribution in [0.15, 0.2) is 30.0 Å². The lowest BCUT2D eigenvalue weighted by Gasteiger charge is -2.18. The van der Waals surface area contributed by atoms with Crippen LogP contribution in [0.1, 0.15) is 18.0 Å². The molecule has 1 atom stereocenters. The highest BCUT2D eigenvalue weighted by molar-refractivity contribution is 6.31. The molecule has 0 fully saturated rings. The number of nitrogens with one attached hydrogen (secondary N) is 1. The monoisotopic (exact) mass is 242 g/mol. The molecule has 2 rings (SSSR count). The number of halogens is 2. The molecule has 0 bridgehead atoms. The SMILES string of the molecule is NNC(C1=CCCO1)c1ccc(F)cc1Cl. The minimum atomic E-state index is -0.370. The summed E-state index contributed by atoms with van der Waals surface area (Å²) < 4.78 is 18.3. The maximum atomic E-state index is 12.9. The van der Waals surface area contributed by atoms with Gasteiger partial charge in [-0.2, -0.15) is 0 Å². The lowest BCUT2D eigenvalue weighted by Crippen LogP contribution is -2.29. The predicted molar refractivity (Wildman–Crippen MR) is 60.1 cm³/mol. The van der Waals surface area contributed by atoms with Crippen molar-refractivity contribution in [3.63, 3.8) is 0 Å². The van der Waals surface area contributed by atoms with E-state index in [1.807, 2.05) is 6.08 Å². The molecule has 1 aliphatic heterocycles. The van der Waals surface area contributed by atoms with E-state index in [-0.39, 0.29) is 11.9 Å². The summed E-state index contributed by atoms with van der Waals surface area (Å²) in [7, 11) is 0. The summed E-state index contributed by atoms with van der Waals surface area (Å²) in [6.45, 7) is 0.645. The van der Waals surface area contributed by atoms with E-state index in [4.69, 9.17) is 22.2 Å². The lowest BCUT2D eigenvalue weighted by molar-refractivity contribution is 0.215. The highest BCUT2D eigenvalue weighted by atomic mass is 35.5. The Bertz CT molecular complexity index is 422. The standard InChI is InChI=1S/C11H12ClFN2O/c12-9-6-7(13)3-4-8(9)11(15-14)10-2-1-5-16-10/h2-4,6,11,15H,1,5,14H2. The van der Waals surface area contributed by atoms with E-state index in [9.17, 15) is 4.39 Å². The number of hydrogen-bond donors (Lipinski definition) is 2. The molecule has 1 aromatic carbocycles. The van der Waals surface area contributed by atoms with E-state index in [0.717, 1.165) is 12.2 Å². The van der Waals surface area contributed by atoms with E-state index >= 15 is 0 Å². The molecule has 0 amide bonds. The van der Waals surface area contributed by atoms with Crippen molar-refractivity contribution in [2.45, 2.75) is 12.5 Å². The van der Waals surface area contributed by atoms with Crippen molar-refractivity contribution < 1.29 is 9.13 Å². The topological polar surface area (TPSA) is 47.3 Å². The number of nitrogens with two attached hydrogens (primary N) is 1. The van der Waals surface area contributed by atoms with Gasteiger partial charge in [-0.05, 0) is 23.8 Å². The number of ether oxygens (including phenoxy) is 1. The van der Waals surface area contributed by atoms with Crippen LogP contribution in [-0.2, 0) is 4.74 Å². The Morgan fingerprint density at radius 2 is 2.31 bits per heavy atom. The smallest absolute Gasteiger partial charge is 0.124 e. The Kier molecular flexibility index (Phi) is 3.43. The highest BCUT2D eigenvalue weighted by Gasteiger charge is 2.21. The number of hydrogen-bond acceptors (Lipinski definition) is 3. The molecule has 1 aliphatic rings. The van der Waals surface area contributed by atoms with E-state index in [1.165, 1.54) is 12.1 Å². The Balaban J connectivity index is 2.32. The first kappa shape index (κ1) is 11.4. The second kappa shape index (κ2) is 4.82. The molecule has 0 saturated heterocycles. The van der Waals surface area contributed by atoms with Crippen molar-refractivity contribution in [1.29, 1.82) is 0 Å². The molecule has 1 aromatic rings. The van der Waals surface area contributed by atoms with Crippen LogP contribution in [0.5, 0.6) is 0 Å². The van der Waals surface area contributed by atoms with Crippen molar-refractivity contribution in [1.82, 2.24) is 5.43 Å². The fourth-order valence-corrected chi connectivity index (χ4v) is 1.98. The zero-order chi connectivity index (χ0) is 11.5. The summed E-state index contributed by atoms with van der Waals surface area (Å²) in [6, 6.07) is 3.89. The summed E-state index contributed by atoms with van der Waals surface area (Å²) in [6.07, 6.45) is 2.80. The second-order valence-electron chi connectivity index (χ2n) is 3.51. The zero-order valence-electron chi connectivity index (χ0n) is 8.54. The lowest BCUT2D eigenvalue weighted by atomic mass is 10.1. The zero-order valence-corrected chi connectivity index (χ0v) is 9.30. The molecule has 0 aromatic heterocycles. The van der Waals surface area contributed by atoms with E-state index in [0.29, 0.717) is 17.2 Å². The summed E-state index contributed by atoms with van der Waals surface area (Å²) in [5.74, 6) is 5.83. The average Bonchev–Trinajstić information content (AvgIpc) is 2.75. The van der Waals surface area contributed by atoms with Gasteiger partial charge in [0.15, 0.2) is 0 Å². The maximum absolute atomic E-state index is 12.9.